The summed E-state index contributed by atoms with van der Waals surface area (Å²) >= 11 is 4.26. The van der Waals surface area contributed by atoms with Crippen molar-refractivity contribution in [2.24, 2.45) is 0 Å². The highest BCUT2D eigenvalue weighted by molar-refractivity contribution is 14.1. The van der Waals surface area contributed by atoms with Crippen molar-refractivity contribution in [2.45, 2.75) is 18.9 Å². The first kappa shape index (κ1) is 22.9. The van der Waals surface area contributed by atoms with E-state index in [-0.39, 0.29) is 18.6 Å². The van der Waals surface area contributed by atoms with Crippen molar-refractivity contribution >= 4 is 63.2 Å². The fourth-order valence-corrected chi connectivity index (χ4v) is 3.32. The number of alkyl halides is 2. The summed E-state index contributed by atoms with van der Waals surface area (Å²) in [6.45, 7) is 0.870. The number of carboxylic acids is 2. The van der Waals surface area contributed by atoms with Gasteiger partial charge >= 0.3 is 18.0 Å². The summed E-state index contributed by atoms with van der Waals surface area (Å²) in [4.78, 5) is 35.4. The molecule has 0 heterocycles. The largest absolute Gasteiger partial charge is 0.481 e. The molecule has 10 heteroatoms. The lowest BCUT2D eigenvalue weighted by Crippen LogP contribution is -2.57. The van der Waals surface area contributed by atoms with Gasteiger partial charge in [0.15, 0.2) is 0 Å². The molecule has 0 saturated heterocycles. The number of hydrogen-bond donors (Lipinski definition) is 2. The zero-order valence-corrected chi connectivity index (χ0v) is 18.2. The molecule has 0 aliphatic carbocycles. The van der Waals surface area contributed by atoms with Crippen LogP contribution in [0.2, 0.25) is 0 Å². The summed E-state index contributed by atoms with van der Waals surface area (Å²) < 4.78 is 6.64. The number of halogens is 2. The third-order valence-electron chi connectivity index (χ3n) is 3.34. The lowest BCUT2D eigenvalue weighted by Gasteiger charge is -2.37. The maximum absolute atomic E-state index is 12.7. The normalized spacial score (nSPS) is 11.8. The molecular formula is C16H20I2N2O6. The van der Waals surface area contributed by atoms with Crippen LogP contribution in [-0.2, 0) is 9.59 Å². The smallest absolute Gasteiger partial charge is 0.430 e. The van der Waals surface area contributed by atoms with Gasteiger partial charge in [-0.1, -0.05) is 63.4 Å². The number of benzene rings is 1. The first-order chi connectivity index (χ1) is 12.4. The van der Waals surface area contributed by atoms with Crippen molar-refractivity contribution in [1.29, 1.82) is 0 Å². The number of amides is 1. The number of carbonyl (C=O) groups excluding carboxylic acids is 1. The van der Waals surface area contributed by atoms with Crippen molar-refractivity contribution in [3.8, 4) is 5.75 Å². The Labute approximate surface area is 178 Å². The molecule has 8 nitrogen and oxygen atoms in total. The zero-order valence-electron chi connectivity index (χ0n) is 13.9. The molecule has 1 atom stereocenters. The Balaban J connectivity index is 3.13. The topological polar surface area (TPSA) is 107 Å². The molecule has 1 amide bonds. The Morgan fingerprint density at radius 2 is 1.62 bits per heavy atom. The predicted octanol–water partition coefficient (Wildman–Crippen LogP) is 2.89. The number of nitrogens with zero attached hydrogens (tertiary/aromatic N) is 2. The first-order valence-corrected chi connectivity index (χ1v) is 10.8. The summed E-state index contributed by atoms with van der Waals surface area (Å²) in [5.41, 5.74) is 0. The van der Waals surface area contributed by atoms with Crippen LogP contribution in [0.25, 0.3) is 0 Å². The van der Waals surface area contributed by atoms with Crippen LogP contribution < -0.4 is 4.74 Å². The van der Waals surface area contributed by atoms with Crippen LogP contribution in [0.5, 0.6) is 5.75 Å². The number of rotatable bonds is 11. The summed E-state index contributed by atoms with van der Waals surface area (Å²) in [5.74, 6) is -2.11. The molecule has 1 aromatic rings. The lowest BCUT2D eigenvalue weighted by atomic mass is 10.1. The van der Waals surface area contributed by atoms with E-state index >= 15 is 0 Å². The van der Waals surface area contributed by atoms with E-state index in [4.69, 9.17) is 9.84 Å². The Morgan fingerprint density at radius 1 is 1.04 bits per heavy atom. The SMILES string of the molecule is O=C(O)CC[C@@H](C(=O)O)N(C(=O)Oc1ccccc1)N(CCI)CCI. The zero-order chi connectivity index (χ0) is 19.5. The van der Waals surface area contributed by atoms with Gasteiger partial charge in [-0.25, -0.2) is 19.6 Å². The highest BCUT2D eigenvalue weighted by Crippen LogP contribution is 2.17. The van der Waals surface area contributed by atoms with Crippen molar-refractivity contribution in [2.75, 3.05) is 21.9 Å². The van der Waals surface area contributed by atoms with Gasteiger partial charge in [-0.3, -0.25) is 4.79 Å². The van der Waals surface area contributed by atoms with E-state index in [1.54, 1.807) is 35.3 Å². The van der Waals surface area contributed by atoms with Gasteiger partial charge in [0, 0.05) is 28.4 Å². The van der Waals surface area contributed by atoms with Crippen LogP contribution in [0.3, 0.4) is 0 Å². The number of carbonyl (C=O) groups is 3. The van der Waals surface area contributed by atoms with Gasteiger partial charge in [0.25, 0.3) is 0 Å². The fraction of sp³-hybridized carbons (Fsp3) is 0.438. The molecular weight excluding hydrogens is 570 g/mol. The van der Waals surface area contributed by atoms with E-state index in [0.717, 1.165) is 5.01 Å². The maximum atomic E-state index is 12.7. The standard InChI is InChI=1S/C16H20I2N2O6/c17-8-10-19(11-9-18)20(13(15(23)24)6-7-14(21)22)16(25)26-12-4-2-1-3-5-12/h1-5,13H,6-11H2,(H,21,22)(H,23,24)/t13-/m0/s1. The molecule has 0 saturated carbocycles. The highest BCUT2D eigenvalue weighted by Gasteiger charge is 2.35. The molecule has 0 aliphatic rings. The average Bonchev–Trinajstić information content (AvgIpc) is 2.58. The van der Waals surface area contributed by atoms with Gasteiger partial charge in [0.05, 0.1) is 0 Å². The Bertz CT molecular complexity index is 596. The molecule has 0 unspecified atom stereocenters. The van der Waals surface area contributed by atoms with Crippen LogP contribution >= 0.6 is 45.2 Å². The third kappa shape index (κ3) is 7.61. The lowest BCUT2D eigenvalue weighted by molar-refractivity contribution is -0.150. The molecule has 144 valence electrons. The van der Waals surface area contributed by atoms with Gasteiger partial charge in [-0.05, 0) is 18.6 Å². The fourth-order valence-electron chi connectivity index (χ4n) is 2.21. The quantitative estimate of drug-likeness (QED) is 0.232. The van der Waals surface area contributed by atoms with E-state index in [1.165, 1.54) is 0 Å². The summed E-state index contributed by atoms with van der Waals surface area (Å²) in [6.07, 6.45) is -1.43. The monoisotopic (exact) mass is 590 g/mol. The number of hydrazine groups is 1. The average molecular weight is 590 g/mol. The van der Waals surface area contributed by atoms with Crippen molar-refractivity contribution < 1.29 is 29.3 Å². The Kier molecular flexibility index (Phi) is 10.8. The number of para-hydroxylation sites is 1. The number of hydrogen-bond acceptors (Lipinski definition) is 5. The molecule has 0 spiro atoms. The molecule has 0 fully saturated rings. The van der Waals surface area contributed by atoms with Crippen LogP contribution in [0.4, 0.5) is 4.79 Å². The third-order valence-corrected chi connectivity index (χ3v) is 4.30. The second kappa shape index (κ2) is 12.3. The minimum atomic E-state index is -1.33. The second-order valence-corrected chi connectivity index (χ2v) is 7.30. The molecule has 0 radical (unpaired) electrons. The van der Waals surface area contributed by atoms with Crippen molar-refractivity contribution in [3.63, 3.8) is 0 Å². The van der Waals surface area contributed by atoms with E-state index in [2.05, 4.69) is 45.2 Å². The number of carboxylic acid groups (broad SMARTS) is 2. The predicted molar refractivity (Wildman–Crippen MR) is 112 cm³/mol. The van der Waals surface area contributed by atoms with E-state index in [0.29, 0.717) is 21.9 Å². The number of aliphatic carboxylic acids is 2. The Morgan fingerprint density at radius 3 is 2.08 bits per heavy atom. The van der Waals surface area contributed by atoms with Gasteiger partial charge in [0.1, 0.15) is 11.8 Å². The van der Waals surface area contributed by atoms with Crippen LogP contribution in [0, 0.1) is 0 Å². The highest BCUT2D eigenvalue weighted by atomic mass is 127. The van der Waals surface area contributed by atoms with E-state index in [1.807, 2.05) is 0 Å². The van der Waals surface area contributed by atoms with Gasteiger partial charge < -0.3 is 14.9 Å². The molecule has 2 N–H and O–H groups in total. The van der Waals surface area contributed by atoms with Crippen molar-refractivity contribution in [1.82, 2.24) is 10.0 Å². The number of ether oxygens (including phenoxy) is 1. The second-order valence-electron chi connectivity index (χ2n) is 5.14. The molecule has 1 rings (SSSR count). The van der Waals surface area contributed by atoms with Crippen LogP contribution in [0.15, 0.2) is 30.3 Å². The molecule has 0 aliphatic heterocycles. The van der Waals surface area contributed by atoms with E-state index < -0.39 is 24.1 Å². The van der Waals surface area contributed by atoms with Crippen molar-refractivity contribution in [3.05, 3.63) is 30.3 Å². The summed E-state index contributed by atoms with van der Waals surface area (Å²) in [6, 6.07) is 7.00. The summed E-state index contributed by atoms with van der Waals surface area (Å²) in [7, 11) is 0. The molecule has 1 aromatic carbocycles. The Hall–Kier alpha value is -1.15. The molecule has 0 bridgehead atoms. The first-order valence-electron chi connectivity index (χ1n) is 7.78. The molecule has 0 aromatic heterocycles. The molecule has 26 heavy (non-hydrogen) atoms. The van der Waals surface area contributed by atoms with Gasteiger partial charge in [-0.2, -0.15) is 0 Å². The minimum absolute atomic E-state index is 0.215. The van der Waals surface area contributed by atoms with Gasteiger partial charge in [-0.15, -0.1) is 0 Å². The van der Waals surface area contributed by atoms with Crippen LogP contribution in [0.1, 0.15) is 12.8 Å². The maximum Gasteiger partial charge on any atom is 0.430 e. The van der Waals surface area contributed by atoms with Gasteiger partial charge in [0.2, 0.25) is 0 Å². The van der Waals surface area contributed by atoms with E-state index in [9.17, 15) is 19.5 Å². The summed E-state index contributed by atoms with van der Waals surface area (Å²) in [5, 5.41) is 21.1. The minimum Gasteiger partial charge on any atom is -0.481 e. The van der Waals surface area contributed by atoms with Crippen LogP contribution in [-0.4, -0.2) is 66.2 Å².